The van der Waals surface area contributed by atoms with Crippen LogP contribution >= 0.6 is 0 Å². The van der Waals surface area contributed by atoms with E-state index in [2.05, 4.69) is 4.74 Å². The van der Waals surface area contributed by atoms with Crippen LogP contribution in [0.3, 0.4) is 0 Å². The number of ether oxygens (including phenoxy) is 1. The lowest BCUT2D eigenvalue weighted by molar-refractivity contribution is -0.137. The minimum Gasteiger partial charge on any atom is -0.433 e. The van der Waals surface area contributed by atoms with Crippen molar-refractivity contribution in [3.05, 3.63) is 23.8 Å². The molecule has 0 radical (unpaired) electrons. The molecule has 0 unspecified atom stereocenters. The van der Waals surface area contributed by atoms with Crippen LogP contribution in [0.5, 0.6) is 5.75 Å². The SMILES string of the molecule is N#CCC(=O)Nc1cc(C(F)(F)F)ccc1OC(F)F. The van der Waals surface area contributed by atoms with Gasteiger partial charge < -0.3 is 10.1 Å². The van der Waals surface area contributed by atoms with Gasteiger partial charge in [0.1, 0.15) is 12.2 Å². The van der Waals surface area contributed by atoms with Gasteiger partial charge in [-0.05, 0) is 18.2 Å². The molecule has 9 heteroatoms. The maximum Gasteiger partial charge on any atom is 0.416 e. The van der Waals surface area contributed by atoms with E-state index in [1.807, 2.05) is 5.32 Å². The number of anilines is 1. The quantitative estimate of drug-likeness (QED) is 0.868. The fraction of sp³-hybridized carbons (Fsp3) is 0.273. The summed E-state index contributed by atoms with van der Waals surface area (Å²) in [6.07, 6.45) is -5.34. The molecule has 0 aliphatic heterocycles. The molecule has 0 saturated heterocycles. The molecule has 108 valence electrons. The summed E-state index contributed by atoms with van der Waals surface area (Å²) in [5.74, 6) is -1.56. The third-order valence-corrected chi connectivity index (χ3v) is 2.04. The molecule has 0 aliphatic carbocycles. The number of amides is 1. The number of carbonyl (C=O) groups is 1. The Balaban J connectivity index is 3.13. The van der Waals surface area contributed by atoms with Crippen molar-refractivity contribution in [3.8, 4) is 11.8 Å². The number of nitrogens with zero attached hydrogens (tertiary/aromatic N) is 1. The first kappa shape index (κ1) is 15.7. The van der Waals surface area contributed by atoms with E-state index in [4.69, 9.17) is 5.26 Å². The van der Waals surface area contributed by atoms with Crippen molar-refractivity contribution < 1.29 is 31.5 Å². The van der Waals surface area contributed by atoms with E-state index in [0.29, 0.717) is 18.2 Å². The Morgan fingerprint density at radius 1 is 1.40 bits per heavy atom. The molecule has 0 heterocycles. The van der Waals surface area contributed by atoms with Crippen molar-refractivity contribution in [1.29, 1.82) is 5.26 Å². The van der Waals surface area contributed by atoms with Crippen molar-refractivity contribution in [3.63, 3.8) is 0 Å². The number of hydrogen-bond acceptors (Lipinski definition) is 3. The normalized spacial score (nSPS) is 11.1. The molecule has 20 heavy (non-hydrogen) atoms. The second-order valence-corrected chi connectivity index (χ2v) is 3.47. The molecule has 0 saturated carbocycles. The molecule has 1 N–H and O–H groups in total. The first-order chi connectivity index (χ1) is 9.24. The summed E-state index contributed by atoms with van der Waals surface area (Å²) < 4.78 is 65.7. The number of alkyl halides is 5. The maximum absolute atomic E-state index is 12.5. The average molecular weight is 294 g/mol. The standard InChI is InChI=1S/C11H7F5N2O2/c12-10(13)20-8-2-1-6(11(14,15)16)5-7(8)18-9(19)3-4-17/h1-2,5,10H,3H2,(H,18,19). The molecule has 0 atom stereocenters. The van der Waals surface area contributed by atoms with Gasteiger partial charge in [-0.3, -0.25) is 4.79 Å². The molecule has 0 spiro atoms. The van der Waals surface area contributed by atoms with E-state index in [1.54, 1.807) is 0 Å². The van der Waals surface area contributed by atoms with Crippen LogP contribution in [-0.4, -0.2) is 12.5 Å². The lowest BCUT2D eigenvalue weighted by atomic mass is 10.1. The fourth-order valence-electron chi connectivity index (χ4n) is 1.27. The summed E-state index contributed by atoms with van der Waals surface area (Å²) in [6.45, 7) is -3.27. The number of rotatable bonds is 4. The minimum absolute atomic E-state index is 0.451. The summed E-state index contributed by atoms with van der Waals surface area (Å²) in [7, 11) is 0. The van der Waals surface area contributed by atoms with Crippen LogP contribution in [0.25, 0.3) is 0 Å². The first-order valence-corrected chi connectivity index (χ1v) is 5.07. The van der Waals surface area contributed by atoms with Gasteiger partial charge >= 0.3 is 12.8 Å². The van der Waals surface area contributed by atoms with Gasteiger partial charge in [0, 0.05) is 0 Å². The van der Waals surface area contributed by atoms with Crippen LogP contribution in [0, 0.1) is 11.3 Å². The molecule has 4 nitrogen and oxygen atoms in total. The van der Waals surface area contributed by atoms with E-state index in [-0.39, 0.29) is 0 Å². The predicted octanol–water partition coefficient (Wildman–Crippen LogP) is 3.16. The topological polar surface area (TPSA) is 62.1 Å². The number of hydrogen-bond donors (Lipinski definition) is 1. The molecular weight excluding hydrogens is 287 g/mol. The zero-order chi connectivity index (χ0) is 15.3. The Bertz CT molecular complexity index is 537. The lowest BCUT2D eigenvalue weighted by Crippen LogP contribution is -2.14. The lowest BCUT2D eigenvalue weighted by Gasteiger charge is -2.14. The van der Waals surface area contributed by atoms with E-state index in [1.165, 1.54) is 6.07 Å². The molecule has 0 fully saturated rings. The molecule has 1 aromatic carbocycles. The zero-order valence-corrected chi connectivity index (χ0v) is 9.67. The fourth-order valence-corrected chi connectivity index (χ4v) is 1.27. The predicted molar refractivity (Wildman–Crippen MR) is 56.9 cm³/mol. The van der Waals surface area contributed by atoms with Gasteiger partial charge in [0.05, 0.1) is 17.3 Å². The highest BCUT2D eigenvalue weighted by Crippen LogP contribution is 2.35. The average Bonchev–Trinajstić information content (AvgIpc) is 2.29. The Hall–Kier alpha value is -2.37. The van der Waals surface area contributed by atoms with E-state index < -0.39 is 42.1 Å². The summed E-state index contributed by atoms with van der Waals surface area (Å²) in [5.41, 5.74) is -1.73. The number of halogens is 5. The molecule has 0 aliphatic rings. The number of nitrogens with one attached hydrogen (secondary N) is 1. The molecule has 0 aromatic heterocycles. The molecular formula is C11H7F5N2O2. The number of carbonyl (C=O) groups excluding carboxylic acids is 1. The second kappa shape index (κ2) is 6.18. The highest BCUT2D eigenvalue weighted by molar-refractivity contribution is 5.93. The highest BCUT2D eigenvalue weighted by Gasteiger charge is 2.31. The zero-order valence-electron chi connectivity index (χ0n) is 9.67. The Morgan fingerprint density at radius 3 is 2.55 bits per heavy atom. The van der Waals surface area contributed by atoms with Crippen LogP contribution in [-0.2, 0) is 11.0 Å². The van der Waals surface area contributed by atoms with Crippen molar-refractivity contribution in [2.45, 2.75) is 19.2 Å². The van der Waals surface area contributed by atoms with Gasteiger partial charge in [-0.1, -0.05) is 0 Å². The van der Waals surface area contributed by atoms with Gasteiger partial charge in [-0.15, -0.1) is 0 Å². The Labute approximate surface area is 109 Å². The summed E-state index contributed by atoms with van der Waals surface area (Å²) in [4.78, 5) is 11.2. The van der Waals surface area contributed by atoms with Crippen LogP contribution in [0.4, 0.5) is 27.6 Å². The van der Waals surface area contributed by atoms with Crippen molar-refractivity contribution >= 4 is 11.6 Å². The molecule has 1 aromatic rings. The second-order valence-electron chi connectivity index (χ2n) is 3.47. The van der Waals surface area contributed by atoms with Gasteiger partial charge in [0.2, 0.25) is 5.91 Å². The van der Waals surface area contributed by atoms with Crippen LogP contribution < -0.4 is 10.1 Å². The number of benzene rings is 1. The third kappa shape index (κ3) is 4.38. The highest BCUT2D eigenvalue weighted by atomic mass is 19.4. The summed E-state index contributed by atoms with van der Waals surface area (Å²) in [5, 5.41) is 10.2. The Morgan fingerprint density at radius 2 is 2.05 bits per heavy atom. The van der Waals surface area contributed by atoms with Crippen molar-refractivity contribution in [2.24, 2.45) is 0 Å². The summed E-state index contributed by atoms with van der Waals surface area (Å²) in [6, 6.07) is 3.12. The monoisotopic (exact) mass is 294 g/mol. The minimum atomic E-state index is -4.71. The molecule has 1 rings (SSSR count). The van der Waals surface area contributed by atoms with E-state index in [9.17, 15) is 26.7 Å². The largest absolute Gasteiger partial charge is 0.433 e. The van der Waals surface area contributed by atoms with Crippen molar-refractivity contribution in [1.82, 2.24) is 0 Å². The van der Waals surface area contributed by atoms with Gasteiger partial charge in [-0.25, -0.2) is 0 Å². The Kier molecular flexibility index (Phi) is 4.85. The van der Waals surface area contributed by atoms with E-state index in [0.717, 1.165) is 0 Å². The van der Waals surface area contributed by atoms with Crippen molar-refractivity contribution in [2.75, 3.05) is 5.32 Å². The van der Waals surface area contributed by atoms with Crippen LogP contribution in [0.2, 0.25) is 0 Å². The van der Waals surface area contributed by atoms with Crippen LogP contribution in [0.15, 0.2) is 18.2 Å². The van der Waals surface area contributed by atoms with Gasteiger partial charge in [0.15, 0.2) is 0 Å². The van der Waals surface area contributed by atoms with Crippen LogP contribution in [0.1, 0.15) is 12.0 Å². The number of nitriles is 1. The van der Waals surface area contributed by atoms with Gasteiger partial charge in [-0.2, -0.15) is 27.2 Å². The first-order valence-electron chi connectivity index (χ1n) is 5.07. The maximum atomic E-state index is 12.5. The molecule has 1 amide bonds. The smallest absolute Gasteiger partial charge is 0.416 e. The van der Waals surface area contributed by atoms with Gasteiger partial charge in [0.25, 0.3) is 0 Å². The third-order valence-electron chi connectivity index (χ3n) is 2.04. The molecule has 0 bridgehead atoms. The summed E-state index contributed by atoms with van der Waals surface area (Å²) >= 11 is 0. The van der Waals surface area contributed by atoms with E-state index >= 15 is 0 Å².